The number of aliphatic hydroxyl groups is 1. The van der Waals surface area contributed by atoms with Crippen LogP contribution in [0, 0.1) is 19.7 Å². The highest BCUT2D eigenvalue weighted by Crippen LogP contribution is 2.41. The average molecular weight is 909 g/mol. The van der Waals surface area contributed by atoms with Crippen LogP contribution in [-0.4, -0.2) is 101 Å². The lowest BCUT2D eigenvalue weighted by Gasteiger charge is -2.29. The summed E-state index contributed by atoms with van der Waals surface area (Å²) in [5.74, 6) is -1.48. The number of hydrogen-bond acceptors (Lipinski definition) is 11. The van der Waals surface area contributed by atoms with Crippen molar-refractivity contribution in [2.75, 3.05) is 51.5 Å². The third-order valence-electron chi connectivity index (χ3n) is 11.4. The van der Waals surface area contributed by atoms with Crippen LogP contribution >= 0.6 is 0 Å². The number of halogens is 1. The molecule has 5 N–H and O–H groups in total. The van der Waals surface area contributed by atoms with Gasteiger partial charge >= 0.3 is 0 Å². The van der Waals surface area contributed by atoms with Gasteiger partial charge in [-0.2, -0.15) is 0 Å². The highest BCUT2D eigenvalue weighted by atomic mass is 19.1. The fraction of sp³-hybridized carbons (Fsp3) is 0.375. The third kappa shape index (κ3) is 10.7. The van der Waals surface area contributed by atoms with Crippen LogP contribution in [0.2, 0.25) is 0 Å². The van der Waals surface area contributed by atoms with Crippen molar-refractivity contribution in [3.63, 3.8) is 0 Å². The number of aryl methyl sites for hydroxylation is 3. The average Bonchev–Trinajstić information content (AvgIpc) is 3.86. The quantitative estimate of drug-likeness (QED) is 0.0556. The molecule has 2 aliphatic heterocycles. The van der Waals surface area contributed by atoms with Gasteiger partial charge in [-0.05, 0) is 93.3 Å². The maximum Gasteiger partial charge on any atom is 0.267 e. The molecule has 17 nitrogen and oxygen atoms in total. The van der Waals surface area contributed by atoms with Gasteiger partial charge < -0.3 is 49.1 Å². The van der Waals surface area contributed by atoms with E-state index in [-0.39, 0.29) is 112 Å². The highest BCUT2D eigenvalue weighted by molar-refractivity contribution is 6.07. The number of aromatic nitrogens is 2. The predicted molar refractivity (Wildman–Crippen MR) is 241 cm³/mol. The number of piperidine rings is 1. The van der Waals surface area contributed by atoms with Gasteiger partial charge in [0.1, 0.15) is 29.1 Å². The molecule has 1 fully saturated rings. The Balaban J connectivity index is 0.842. The minimum Gasteiger partial charge on any atom is -0.456 e. The van der Waals surface area contributed by atoms with E-state index in [0.717, 1.165) is 0 Å². The van der Waals surface area contributed by atoms with Gasteiger partial charge in [0, 0.05) is 60.7 Å². The van der Waals surface area contributed by atoms with E-state index in [4.69, 9.17) is 18.9 Å². The molecule has 5 aromatic rings. The molecule has 1 atom stereocenters. The first-order chi connectivity index (χ1) is 31.5. The lowest BCUT2D eigenvalue weighted by Crippen LogP contribution is -2.52. The molecule has 7 rings (SSSR count). The van der Waals surface area contributed by atoms with E-state index < -0.39 is 23.5 Å². The number of anilines is 1. The molecule has 5 amide bonds. The van der Waals surface area contributed by atoms with Crippen LogP contribution in [0.5, 0.6) is 11.5 Å². The number of hydrogen-bond donors (Lipinski definition) is 5. The molecular formula is C48H53FN6O11. The van der Waals surface area contributed by atoms with Gasteiger partial charge in [0.15, 0.2) is 0 Å². The molecule has 0 bridgehead atoms. The van der Waals surface area contributed by atoms with E-state index in [1.165, 1.54) is 27.7 Å². The molecule has 2 aromatic heterocycles. The predicted octanol–water partition coefficient (Wildman–Crippen LogP) is 4.88. The number of aromatic amines is 1. The summed E-state index contributed by atoms with van der Waals surface area (Å²) in [6.45, 7) is 8.45. The van der Waals surface area contributed by atoms with Crippen LogP contribution in [0.1, 0.15) is 76.2 Å². The zero-order valence-electron chi connectivity index (χ0n) is 37.4. The molecule has 4 heterocycles. The third-order valence-corrected chi connectivity index (χ3v) is 11.4. The van der Waals surface area contributed by atoms with Crippen molar-refractivity contribution in [2.45, 2.75) is 65.1 Å². The number of benzene rings is 3. The van der Waals surface area contributed by atoms with Crippen LogP contribution < -0.4 is 26.2 Å². The van der Waals surface area contributed by atoms with Crippen molar-refractivity contribution in [3.05, 3.63) is 110 Å². The van der Waals surface area contributed by atoms with Crippen LogP contribution in [-0.2, 0) is 47.8 Å². The topological polar surface area (TPSA) is 220 Å². The number of nitrogens with zero attached hydrogens (tertiary/aromatic N) is 2. The highest BCUT2D eigenvalue weighted by Gasteiger charge is 2.40. The normalized spacial score (nSPS) is 15.0. The molecule has 0 radical (unpaired) electrons. The van der Waals surface area contributed by atoms with Crippen LogP contribution in [0.4, 0.5) is 10.1 Å². The van der Waals surface area contributed by atoms with Gasteiger partial charge in [0.2, 0.25) is 17.7 Å². The smallest absolute Gasteiger partial charge is 0.267 e. The number of nitrogens with one attached hydrogen (secondary N) is 4. The SMILES string of the molecule is Cc1cc(F)cc(C)c1Oc1ccc(C(C)(C)O)cc1-c1cn(C)c(=O)c2cc(C(=O)NCCOCCOCCOCCC(=O)Nc3cccc4c3CN(C3CCC(=O)NC3=O)C4=O)[nH]c12. The Hall–Kier alpha value is -6.73. The van der Waals surface area contributed by atoms with Crippen molar-refractivity contribution in [3.8, 4) is 22.6 Å². The molecule has 3 aromatic carbocycles. The summed E-state index contributed by atoms with van der Waals surface area (Å²) in [6, 6.07) is 13.7. The van der Waals surface area contributed by atoms with Gasteiger partial charge in [-0.25, -0.2) is 4.39 Å². The Labute approximate surface area is 379 Å². The molecule has 1 unspecified atom stereocenters. The van der Waals surface area contributed by atoms with Gasteiger partial charge in [-0.1, -0.05) is 12.1 Å². The van der Waals surface area contributed by atoms with E-state index in [2.05, 4.69) is 20.9 Å². The number of carbonyl (C=O) groups is 5. The first-order valence-corrected chi connectivity index (χ1v) is 21.6. The number of H-pyrrole nitrogens is 1. The minimum absolute atomic E-state index is 0.0604. The summed E-state index contributed by atoms with van der Waals surface area (Å²) < 4.78 is 38.7. The fourth-order valence-electron chi connectivity index (χ4n) is 8.00. The van der Waals surface area contributed by atoms with E-state index in [9.17, 15) is 38.3 Å². The summed E-state index contributed by atoms with van der Waals surface area (Å²) in [5.41, 5.74) is 3.32. The van der Waals surface area contributed by atoms with E-state index in [1.54, 1.807) is 77.3 Å². The van der Waals surface area contributed by atoms with E-state index in [0.29, 0.717) is 61.6 Å². The Morgan fingerprint density at radius 2 is 1.59 bits per heavy atom. The first-order valence-electron chi connectivity index (χ1n) is 21.6. The Morgan fingerprint density at radius 1 is 0.894 bits per heavy atom. The summed E-state index contributed by atoms with van der Waals surface area (Å²) in [6.07, 6.45) is 2.09. The standard InChI is InChI=1S/C48H53FN6O11/c1-27-21-30(49)22-28(2)43(27)66-39-11-9-29(48(3,4)62)23-32(39)35-25-54(5)46(60)33-24-37(52-42(33)35)44(58)50-14-16-64-18-20-65-19-17-63-15-13-41(57)51-36-8-6-7-31-34(36)26-55(47(31)61)38-10-12-40(56)53-45(38)59/h6-9,11,21-25,38,52,62H,10,12-20,26H2,1-5H3,(H,50,58)(H,51,57)(H,53,56,59). The molecule has 2 aliphatic rings. The molecule has 0 spiro atoms. The second-order valence-corrected chi connectivity index (χ2v) is 16.8. The van der Waals surface area contributed by atoms with E-state index in [1.807, 2.05) is 0 Å². The summed E-state index contributed by atoms with van der Waals surface area (Å²) >= 11 is 0. The maximum atomic E-state index is 14.1. The maximum absolute atomic E-state index is 14.1. The molecule has 66 heavy (non-hydrogen) atoms. The lowest BCUT2D eigenvalue weighted by atomic mass is 9.93. The summed E-state index contributed by atoms with van der Waals surface area (Å²) in [4.78, 5) is 80.9. The molecule has 18 heteroatoms. The van der Waals surface area contributed by atoms with Crippen molar-refractivity contribution >= 4 is 46.1 Å². The molecule has 0 aliphatic carbocycles. The number of imide groups is 1. The van der Waals surface area contributed by atoms with Crippen LogP contribution in [0.15, 0.2) is 65.6 Å². The summed E-state index contributed by atoms with van der Waals surface area (Å²) in [7, 11) is 1.61. The van der Waals surface area contributed by atoms with Gasteiger partial charge in [-0.3, -0.25) is 34.1 Å². The second-order valence-electron chi connectivity index (χ2n) is 16.8. The zero-order valence-corrected chi connectivity index (χ0v) is 37.4. The lowest BCUT2D eigenvalue weighted by molar-refractivity contribution is -0.137. The fourth-order valence-corrected chi connectivity index (χ4v) is 8.00. The van der Waals surface area contributed by atoms with Crippen molar-refractivity contribution in [1.82, 2.24) is 25.1 Å². The van der Waals surface area contributed by atoms with Gasteiger partial charge in [0.25, 0.3) is 17.4 Å². The number of pyridine rings is 1. The summed E-state index contributed by atoms with van der Waals surface area (Å²) in [5, 5.41) is 19.1. The first kappa shape index (κ1) is 47.2. The molecule has 0 saturated carbocycles. The second kappa shape index (κ2) is 20.2. The minimum atomic E-state index is -1.22. The molecule has 1 saturated heterocycles. The zero-order chi connectivity index (χ0) is 47.3. The Morgan fingerprint density at radius 3 is 2.29 bits per heavy atom. The molecular weight excluding hydrogens is 856 g/mol. The van der Waals surface area contributed by atoms with Crippen LogP contribution in [0.3, 0.4) is 0 Å². The number of fused-ring (bicyclic) bond motifs is 2. The van der Waals surface area contributed by atoms with E-state index >= 15 is 0 Å². The number of carbonyl (C=O) groups excluding carboxylic acids is 5. The number of rotatable bonds is 19. The van der Waals surface area contributed by atoms with Gasteiger partial charge in [-0.15, -0.1) is 0 Å². The monoisotopic (exact) mass is 908 g/mol. The van der Waals surface area contributed by atoms with Crippen LogP contribution in [0.25, 0.3) is 22.0 Å². The largest absolute Gasteiger partial charge is 0.456 e. The molecule has 348 valence electrons. The number of ether oxygens (including phenoxy) is 4. The van der Waals surface area contributed by atoms with Gasteiger partial charge in [0.05, 0.1) is 62.6 Å². The van der Waals surface area contributed by atoms with Crippen molar-refractivity contribution in [1.29, 1.82) is 0 Å². The van der Waals surface area contributed by atoms with Crippen molar-refractivity contribution in [2.24, 2.45) is 7.05 Å². The Kier molecular flexibility index (Phi) is 14.5. The van der Waals surface area contributed by atoms with Crippen molar-refractivity contribution < 1.29 is 52.4 Å². The Bertz CT molecular complexity index is 2730. The number of amides is 5.